The van der Waals surface area contributed by atoms with Gasteiger partial charge in [-0.15, -0.1) is 0 Å². The molecule has 2 bridgehead atoms. The number of carbonyl (C=O) groups excluding carboxylic acids is 2. The van der Waals surface area contributed by atoms with Gasteiger partial charge in [-0.25, -0.2) is 4.79 Å². The lowest BCUT2D eigenvalue weighted by Crippen LogP contribution is -2.61. The number of ether oxygens (including phenoxy) is 2. The quantitative estimate of drug-likeness (QED) is 0.145. The fraction of sp³-hybridized carbons (Fsp3) is 0.680. The standard InChI is InChI=1S/C29H46O4.C21H26O3/c1-16(2)17(3)8-9-18(4)19-10-11-20-25-21(30)14-23-27(5,13-12-24(32)29(23,7)33)26(25)22(31)15-28(19,20)6;1-13-6-5-7-17-12-18(23-16(17)4)10-14(2)11-20-19(9-8-13)15(3)21(22)24-20/h16,18-21,23-24,30,32-33H,3,8-15H2,1-2,4-7H3;6,11-12,18-20H,3-5,7-10H2,1-2H3/b;13-6+,14-11+/t18-,19-,20+,21?,23?,24?,27+,28-,29-;18?,19-,20+/m11/s1. The van der Waals surface area contributed by atoms with Gasteiger partial charge in [-0.3, -0.25) is 4.79 Å². The Morgan fingerprint density at radius 1 is 0.965 bits per heavy atom. The highest BCUT2D eigenvalue weighted by Gasteiger charge is 2.64. The number of ketones is 1. The molecule has 2 aliphatic heterocycles. The van der Waals surface area contributed by atoms with Crippen molar-refractivity contribution in [2.24, 2.45) is 46.3 Å². The maximum absolute atomic E-state index is 13.9. The molecule has 7 rings (SSSR count). The largest absolute Gasteiger partial charge is 0.486 e. The van der Waals surface area contributed by atoms with E-state index in [0.29, 0.717) is 49.0 Å². The zero-order chi connectivity index (χ0) is 41.8. The molecule has 0 radical (unpaired) electrons. The molecular weight excluding hydrogens is 713 g/mol. The molecule has 5 aliphatic carbocycles. The van der Waals surface area contributed by atoms with Gasteiger partial charge in [-0.05, 0) is 144 Å². The van der Waals surface area contributed by atoms with Gasteiger partial charge in [0, 0.05) is 41.2 Å². The van der Waals surface area contributed by atoms with E-state index < -0.39 is 23.2 Å². The third-order valence-corrected chi connectivity index (χ3v) is 15.9. The first-order chi connectivity index (χ1) is 26.7. The molecule has 0 amide bonds. The minimum atomic E-state index is -1.29. The molecule has 0 aromatic rings. The number of aliphatic hydroxyl groups is 3. The average Bonchev–Trinajstić information content (AvgIpc) is 3.75. The molecule has 0 aromatic heterocycles. The van der Waals surface area contributed by atoms with E-state index in [1.807, 2.05) is 0 Å². The van der Waals surface area contributed by atoms with E-state index in [1.54, 1.807) is 6.92 Å². The molecule has 3 fully saturated rings. The summed E-state index contributed by atoms with van der Waals surface area (Å²) in [5.74, 6) is 2.20. The third kappa shape index (κ3) is 8.28. The lowest BCUT2D eigenvalue weighted by Gasteiger charge is -2.59. The Hall–Kier alpha value is -3.00. The second-order valence-corrected chi connectivity index (χ2v) is 20.1. The summed E-state index contributed by atoms with van der Waals surface area (Å²) in [6.45, 7) is 29.3. The van der Waals surface area contributed by atoms with E-state index in [4.69, 9.17) is 9.47 Å². The summed E-state index contributed by atoms with van der Waals surface area (Å²) in [7, 11) is 0. The number of hydrogen-bond donors (Lipinski definition) is 3. The van der Waals surface area contributed by atoms with Gasteiger partial charge in [0.15, 0.2) is 5.78 Å². The first-order valence-electron chi connectivity index (χ1n) is 22.0. The zero-order valence-corrected chi connectivity index (χ0v) is 36.3. The predicted octanol–water partition coefficient (Wildman–Crippen LogP) is 9.99. The molecule has 4 unspecified atom stereocenters. The van der Waals surface area contributed by atoms with Crippen LogP contribution >= 0.6 is 0 Å². The van der Waals surface area contributed by atoms with Crippen LogP contribution in [0.5, 0.6) is 0 Å². The summed E-state index contributed by atoms with van der Waals surface area (Å²) in [4.78, 5) is 25.8. The van der Waals surface area contributed by atoms with Crippen molar-refractivity contribution in [1.82, 2.24) is 0 Å². The van der Waals surface area contributed by atoms with Crippen LogP contribution in [0, 0.1) is 46.3 Å². The molecular formula is C50H72O7. The van der Waals surface area contributed by atoms with Gasteiger partial charge in [0.1, 0.15) is 18.0 Å². The van der Waals surface area contributed by atoms with Crippen molar-refractivity contribution in [2.45, 2.75) is 169 Å². The molecule has 12 atom stereocenters. The molecule has 7 aliphatic rings. The van der Waals surface area contributed by atoms with Crippen LogP contribution in [-0.2, 0) is 19.1 Å². The van der Waals surface area contributed by atoms with Crippen LogP contribution < -0.4 is 0 Å². The van der Waals surface area contributed by atoms with E-state index in [1.165, 1.54) is 22.3 Å². The molecule has 7 nitrogen and oxygen atoms in total. The Kier molecular flexibility index (Phi) is 12.7. The summed E-state index contributed by atoms with van der Waals surface area (Å²) in [5.41, 5.74) is 5.56. The molecule has 1 saturated heterocycles. The molecule has 57 heavy (non-hydrogen) atoms. The second kappa shape index (κ2) is 16.6. The fourth-order valence-corrected chi connectivity index (χ4v) is 12.3. The van der Waals surface area contributed by atoms with Crippen molar-refractivity contribution in [1.29, 1.82) is 0 Å². The topological polar surface area (TPSA) is 113 Å². The Morgan fingerprint density at radius 2 is 1.68 bits per heavy atom. The highest BCUT2D eigenvalue weighted by atomic mass is 16.6. The molecule has 7 heteroatoms. The maximum atomic E-state index is 13.9. The maximum Gasteiger partial charge on any atom is 0.334 e. The van der Waals surface area contributed by atoms with Crippen molar-refractivity contribution in [2.75, 3.05) is 0 Å². The van der Waals surface area contributed by atoms with Gasteiger partial charge in [0.25, 0.3) is 0 Å². The van der Waals surface area contributed by atoms with E-state index in [2.05, 4.69) is 86.4 Å². The second-order valence-electron chi connectivity index (χ2n) is 20.1. The van der Waals surface area contributed by atoms with Gasteiger partial charge >= 0.3 is 5.97 Å². The summed E-state index contributed by atoms with van der Waals surface area (Å²) in [6.07, 6.45) is 15.9. The number of aliphatic hydroxyl groups excluding tert-OH is 2. The lowest BCUT2D eigenvalue weighted by atomic mass is 9.47. The van der Waals surface area contributed by atoms with Crippen molar-refractivity contribution in [3.8, 4) is 0 Å². The average molecular weight is 785 g/mol. The minimum Gasteiger partial charge on any atom is -0.486 e. The third-order valence-electron chi connectivity index (χ3n) is 15.9. The predicted molar refractivity (Wildman–Crippen MR) is 227 cm³/mol. The van der Waals surface area contributed by atoms with Crippen LogP contribution in [0.3, 0.4) is 0 Å². The molecule has 0 spiro atoms. The van der Waals surface area contributed by atoms with Crippen LogP contribution in [0.15, 0.2) is 82.7 Å². The number of fused-ring (bicyclic) bond motifs is 6. The Labute approximate surface area is 343 Å². The zero-order valence-electron chi connectivity index (χ0n) is 36.3. The highest BCUT2D eigenvalue weighted by molar-refractivity contribution is 5.99. The van der Waals surface area contributed by atoms with Crippen molar-refractivity contribution in [3.05, 3.63) is 82.7 Å². The van der Waals surface area contributed by atoms with E-state index in [-0.39, 0.29) is 47.1 Å². The SMILES string of the molecule is C=C(CC[C@@H](C)[C@H]1CC[C@H]2C3=C(C(=O)C[C@]12C)[C@@]1(C)CCC(O)[C@](C)(O)C1CC3O)C(C)C.C=C1OC2C=C1CC/C=C(\C)CC[C@@H]1C(=C)C(=O)O[C@H]1/C=C(\C)C2. The number of allylic oxidation sites excluding steroid dienone is 5. The number of Topliss-reactive ketones (excluding diaryl/α,β-unsaturated/α-hetero) is 1. The Balaban J connectivity index is 0.000000203. The molecule has 3 N–H and O–H groups in total. The lowest BCUT2D eigenvalue weighted by molar-refractivity contribution is -0.174. The number of rotatable bonds is 5. The normalized spacial score (nSPS) is 41.7. The Bertz CT molecular complexity index is 1770. The summed E-state index contributed by atoms with van der Waals surface area (Å²) >= 11 is 0. The van der Waals surface area contributed by atoms with Crippen LogP contribution in [0.1, 0.15) is 139 Å². The molecule has 0 aromatic carbocycles. The smallest absolute Gasteiger partial charge is 0.334 e. The number of hydrogen-bond acceptors (Lipinski definition) is 7. The Morgan fingerprint density at radius 3 is 2.39 bits per heavy atom. The fourth-order valence-electron chi connectivity index (χ4n) is 12.3. The van der Waals surface area contributed by atoms with Crippen LogP contribution in [0.25, 0.3) is 0 Å². The number of carbonyl (C=O) groups is 2. The molecule has 2 saturated carbocycles. The molecule has 2 heterocycles. The van der Waals surface area contributed by atoms with Crippen molar-refractivity contribution >= 4 is 11.8 Å². The van der Waals surface area contributed by atoms with Crippen LogP contribution in [0.4, 0.5) is 0 Å². The van der Waals surface area contributed by atoms with Gasteiger partial charge in [-0.1, -0.05) is 77.2 Å². The summed E-state index contributed by atoms with van der Waals surface area (Å²) in [6, 6.07) is 0. The van der Waals surface area contributed by atoms with E-state index in [0.717, 1.165) is 74.7 Å². The van der Waals surface area contributed by atoms with E-state index in [9.17, 15) is 24.9 Å². The first-order valence-corrected chi connectivity index (χ1v) is 22.0. The molecule has 314 valence electrons. The number of esters is 1. The highest BCUT2D eigenvalue weighted by Crippen LogP contribution is 2.66. The monoisotopic (exact) mass is 785 g/mol. The van der Waals surface area contributed by atoms with Crippen LogP contribution in [-0.4, -0.2) is 57.1 Å². The van der Waals surface area contributed by atoms with Crippen LogP contribution in [0.2, 0.25) is 0 Å². The van der Waals surface area contributed by atoms with Crippen molar-refractivity contribution < 1.29 is 34.4 Å². The van der Waals surface area contributed by atoms with Crippen molar-refractivity contribution in [3.63, 3.8) is 0 Å². The first kappa shape index (κ1) is 43.6. The van der Waals surface area contributed by atoms with Gasteiger partial charge < -0.3 is 24.8 Å². The summed E-state index contributed by atoms with van der Waals surface area (Å²) in [5, 5.41) is 33.1. The minimum absolute atomic E-state index is 0.0375. The van der Waals surface area contributed by atoms with E-state index >= 15 is 0 Å². The van der Waals surface area contributed by atoms with Gasteiger partial charge in [-0.2, -0.15) is 0 Å². The summed E-state index contributed by atoms with van der Waals surface area (Å²) < 4.78 is 11.4. The van der Waals surface area contributed by atoms with Gasteiger partial charge in [0.2, 0.25) is 0 Å². The van der Waals surface area contributed by atoms with Gasteiger partial charge in [0.05, 0.1) is 17.8 Å².